The molecule has 0 spiro atoms. The van der Waals surface area contributed by atoms with E-state index in [2.05, 4.69) is 33.2 Å². The lowest BCUT2D eigenvalue weighted by Gasteiger charge is -2.13. The molecule has 6 heteroatoms. The number of benzene rings is 2. The fourth-order valence-corrected chi connectivity index (χ4v) is 2.44. The number of ether oxygens (including phenoxy) is 1. The Kier molecular flexibility index (Phi) is 5.09. The summed E-state index contributed by atoms with van der Waals surface area (Å²) in [5, 5.41) is 0. The summed E-state index contributed by atoms with van der Waals surface area (Å²) in [5.74, 6) is 2.03. The fraction of sp³-hybridized carbons (Fsp3) is 0.211. The molecular weight excluding hydrogens is 314 g/mol. The Hall–Kier alpha value is -3.15. The van der Waals surface area contributed by atoms with Crippen molar-refractivity contribution in [3.05, 3.63) is 71.5 Å². The first-order valence-electron chi connectivity index (χ1n) is 8.04. The van der Waals surface area contributed by atoms with Crippen molar-refractivity contribution in [2.45, 2.75) is 13.0 Å². The van der Waals surface area contributed by atoms with Crippen LogP contribution in [0.1, 0.15) is 17.0 Å². The predicted molar refractivity (Wildman–Crippen MR) is 98.6 cm³/mol. The van der Waals surface area contributed by atoms with E-state index in [1.54, 1.807) is 4.90 Å². The normalized spacial score (nSPS) is 10.5. The van der Waals surface area contributed by atoms with Gasteiger partial charge in [-0.2, -0.15) is 15.0 Å². The van der Waals surface area contributed by atoms with Crippen LogP contribution >= 0.6 is 0 Å². The van der Waals surface area contributed by atoms with Crippen molar-refractivity contribution in [2.24, 2.45) is 0 Å². The van der Waals surface area contributed by atoms with E-state index in [4.69, 9.17) is 10.5 Å². The number of hydrogen-bond acceptors (Lipinski definition) is 6. The maximum atomic E-state index is 5.96. The average molecular weight is 335 g/mol. The highest BCUT2D eigenvalue weighted by Gasteiger charge is 2.09. The van der Waals surface area contributed by atoms with E-state index in [0.717, 1.165) is 17.7 Å². The van der Waals surface area contributed by atoms with Gasteiger partial charge >= 0.3 is 0 Å². The molecule has 0 atom stereocenters. The topological polar surface area (TPSA) is 77.2 Å². The minimum atomic E-state index is 0.190. The largest absolute Gasteiger partial charge is 0.485 e. The molecule has 6 nitrogen and oxygen atoms in total. The molecule has 2 N–H and O–H groups in total. The molecule has 3 rings (SSSR count). The molecule has 0 saturated carbocycles. The van der Waals surface area contributed by atoms with E-state index in [1.807, 2.05) is 50.5 Å². The summed E-state index contributed by atoms with van der Waals surface area (Å²) in [6.45, 7) is 0.235. The van der Waals surface area contributed by atoms with Gasteiger partial charge < -0.3 is 15.4 Å². The Bertz CT molecular complexity index is 836. The van der Waals surface area contributed by atoms with Gasteiger partial charge in [0.15, 0.2) is 5.82 Å². The molecule has 0 unspecified atom stereocenters. The van der Waals surface area contributed by atoms with Crippen LogP contribution in [0.3, 0.4) is 0 Å². The monoisotopic (exact) mass is 335 g/mol. The predicted octanol–water partition coefficient (Wildman–Crippen LogP) is 2.69. The first-order chi connectivity index (χ1) is 12.1. The molecule has 0 radical (unpaired) electrons. The molecule has 1 heterocycles. The Labute approximate surface area is 147 Å². The van der Waals surface area contributed by atoms with Crippen molar-refractivity contribution in [2.75, 3.05) is 24.7 Å². The molecule has 0 saturated heterocycles. The standard InChI is InChI=1S/C19H21N5O/c1-24(2)19-22-17(21-18(20)23-19)13-25-16-11-7-6-10-15(16)12-14-8-4-3-5-9-14/h3-11H,12-13H2,1-2H3,(H2,20,21,22,23). The van der Waals surface area contributed by atoms with Gasteiger partial charge in [-0.15, -0.1) is 0 Å². The van der Waals surface area contributed by atoms with Gasteiger partial charge in [0.25, 0.3) is 0 Å². The second-order valence-corrected chi connectivity index (χ2v) is 5.86. The van der Waals surface area contributed by atoms with Gasteiger partial charge in [-0.3, -0.25) is 0 Å². The summed E-state index contributed by atoms with van der Waals surface area (Å²) < 4.78 is 5.96. The maximum absolute atomic E-state index is 5.96. The molecule has 1 aromatic heterocycles. The Morgan fingerprint density at radius 2 is 1.64 bits per heavy atom. The third-order valence-corrected chi connectivity index (χ3v) is 3.65. The van der Waals surface area contributed by atoms with Gasteiger partial charge in [0.05, 0.1) is 0 Å². The van der Waals surface area contributed by atoms with Crippen molar-refractivity contribution in [3.63, 3.8) is 0 Å². The highest BCUT2D eigenvalue weighted by molar-refractivity contribution is 5.38. The molecule has 0 aliphatic carbocycles. The Morgan fingerprint density at radius 3 is 2.40 bits per heavy atom. The highest BCUT2D eigenvalue weighted by Crippen LogP contribution is 2.22. The van der Waals surface area contributed by atoms with Gasteiger partial charge in [0.2, 0.25) is 11.9 Å². The molecule has 2 aromatic carbocycles. The van der Waals surface area contributed by atoms with Crippen molar-refractivity contribution in [1.82, 2.24) is 15.0 Å². The van der Waals surface area contributed by atoms with Crippen LogP contribution in [0.15, 0.2) is 54.6 Å². The van der Waals surface area contributed by atoms with Crippen LogP contribution in [0.2, 0.25) is 0 Å². The van der Waals surface area contributed by atoms with Gasteiger partial charge in [-0.1, -0.05) is 48.5 Å². The Morgan fingerprint density at radius 1 is 0.920 bits per heavy atom. The minimum Gasteiger partial charge on any atom is -0.485 e. The third kappa shape index (κ3) is 4.44. The zero-order chi connectivity index (χ0) is 17.6. The van der Waals surface area contributed by atoms with E-state index in [-0.39, 0.29) is 12.6 Å². The van der Waals surface area contributed by atoms with Gasteiger partial charge in [-0.25, -0.2) is 0 Å². The summed E-state index contributed by atoms with van der Waals surface area (Å²) in [5.41, 5.74) is 8.10. The number of nitrogens with zero attached hydrogens (tertiary/aromatic N) is 4. The van der Waals surface area contributed by atoms with E-state index in [0.29, 0.717) is 11.8 Å². The zero-order valence-electron chi connectivity index (χ0n) is 14.4. The van der Waals surface area contributed by atoms with E-state index in [9.17, 15) is 0 Å². The van der Waals surface area contributed by atoms with Crippen molar-refractivity contribution in [3.8, 4) is 5.75 Å². The SMILES string of the molecule is CN(C)c1nc(N)nc(COc2ccccc2Cc2ccccc2)n1. The van der Waals surface area contributed by atoms with E-state index >= 15 is 0 Å². The molecule has 0 fully saturated rings. The Balaban J connectivity index is 1.76. The first-order valence-corrected chi connectivity index (χ1v) is 8.04. The van der Waals surface area contributed by atoms with Crippen LogP contribution in [0.5, 0.6) is 5.75 Å². The fourth-order valence-electron chi connectivity index (χ4n) is 2.44. The molecule has 3 aromatic rings. The van der Waals surface area contributed by atoms with Crippen LogP contribution in [0.25, 0.3) is 0 Å². The lowest BCUT2D eigenvalue weighted by Crippen LogP contribution is -2.17. The molecule has 0 amide bonds. The van der Waals surface area contributed by atoms with Gasteiger partial charge in [0, 0.05) is 20.5 Å². The van der Waals surface area contributed by atoms with Crippen LogP contribution in [0.4, 0.5) is 11.9 Å². The summed E-state index contributed by atoms with van der Waals surface area (Å²) >= 11 is 0. The zero-order valence-corrected chi connectivity index (χ0v) is 14.4. The van der Waals surface area contributed by atoms with Crippen LogP contribution in [-0.4, -0.2) is 29.0 Å². The van der Waals surface area contributed by atoms with E-state index in [1.165, 1.54) is 5.56 Å². The summed E-state index contributed by atoms with van der Waals surface area (Å²) in [7, 11) is 3.71. The quantitative estimate of drug-likeness (QED) is 0.746. The van der Waals surface area contributed by atoms with Crippen LogP contribution in [0, 0.1) is 0 Å². The molecule has 25 heavy (non-hydrogen) atoms. The average Bonchev–Trinajstić information content (AvgIpc) is 2.61. The number of anilines is 2. The van der Waals surface area contributed by atoms with Crippen LogP contribution < -0.4 is 15.4 Å². The number of hydrogen-bond donors (Lipinski definition) is 1. The molecule has 128 valence electrons. The smallest absolute Gasteiger partial charge is 0.230 e. The van der Waals surface area contributed by atoms with Crippen molar-refractivity contribution >= 4 is 11.9 Å². The lowest BCUT2D eigenvalue weighted by atomic mass is 10.0. The van der Waals surface area contributed by atoms with Crippen molar-refractivity contribution < 1.29 is 4.74 Å². The molecule has 0 aliphatic heterocycles. The number of nitrogen functional groups attached to an aromatic ring is 1. The summed E-state index contributed by atoms with van der Waals surface area (Å²) in [6.07, 6.45) is 0.805. The number of rotatable bonds is 6. The summed E-state index contributed by atoms with van der Waals surface area (Å²) in [4.78, 5) is 14.4. The van der Waals surface area contributed by atoms with Gasteiger partial charge in [0.1, 0.15) is 12.4 Å². The summed E-state index contributed by atoms with van der Waals surface area (Å²) in [6, 6.07) is 18.3. The van der Waals surface area contributed by atoms with Crippen LogP contribution in [-0.2, 0) is 13.0 Å². The van der Waals surface area contributed by atoms with Gasteiger partial charge in [-0.05, 0) is 17.2 Å². The molecular formula is C19H21N5O. The second kappa shape index (κ2) is 7.61. The van der Waals surface area contributed by atoms with E-state index < -0.39 is 0 Å². The molecule has 0 aliphatic rings. The maximum Gasteiger partial charge on any atom is 0.230 e. The number of para-hydroxylation sites is 1. The lowest BCUT2D eigenvalue weighted by molar-refractivity contribution is 0.293. The number of aromatic nitrogens is 3. The third-order valence-electron chi connectivity index (χ3n) is 3.65. The second-order valence-electron chi connectivity index (χ2n) is 5.86. The van der Waals surface area contributed by atoms with Crippen molar-refractivity contribution in [1.29, 1.82) is 0 Å². The highest BCUT2D eigenvalue weighted by atomic mass is 16.5. The first kappa shape index (κ1) is 16.7. The molecule has 0 bridgehead atoms. The minimum absolute atomic E-state index is 0.190. The number of nitrogens with two attached hydrogens (primary N) is 1.